The molecule has 3 aromatic carbocycles. The molecule has 2 N–H and O–H groups in total. The summed E-state index contributed by atoms with van der Waals surface area (Å²) in [5, 5.41) is 2.82. The van der Waals surface area contributed by atoms with Crippen LogP contribution in [0.15, 0.2) is 88.7 Å². The number of hydrogen-bond donors (Lipinski definition) is 2. The lowest BCUT2D eigenvalue weighted by atomic mass is 10.1. The zero-order valence-electron chi connectivity index (χ0n) is 16.2. The predicted molar refractivity (Wildman–Crippen MR) is 118 cm³/mol. The summed E-state index contributed by atoms with van der Waals surface area (Å²) in [5.41, 5.74) is 1.41. The molecule has 0 saturated heterocycles. The molecule has 0 bridgehead atoms. The summed E-state index contributed by atoms with van der Waals surface area (Å²) >= 11 is 1.48. The molecule has 30 heavy (non-hydrogen) atoms. The second kappa shape index (κ2) is 9.88. The fourth-order valence-corrected chi connectivity index (χ4v) is 4.62. The van der Waals surface area contributed by atoms with E-state index in [-0.39, 0.29) is 11.3 Å². The van der Waals surface area contributed by atoms with Crippen LogP contribution in [-0.2, 0) is 21.2 Å². The molecule has 0 aromatic heterocycles. The third-order valence-corrected chi connectivity index (χ3v) is 6.67. The van der Waals surface area contributed by atoms with Gasteiger partial charge in [0.05, 0.1) is 10.6 Å². The van der Waals surface area contributed by atoms with E-state index in [9.17, 15) is 17.6 Å². The fourth-order valence-electron chi connectivity index (χ4n) is 2.87. The molecule has 156 valence electrons. The van der Waals surface area contributed by atoms with Crippen molar-refractivity contribution in [3.8, 4) is 0 Å². The summed E-state index contributed by atoms with van der Waals surface area (Å²) in [7, 11) is -4.03. The van der Waals surface area contributed by atoms with Gasteiger partial charge in [0.2, 0.25) is 15.9 Å². The van der Waals surface area contributed by atoms with Crippen molar-refractivity contribution >= 4 is 33.4 Å². The number of nitrogens with one attached hydrogen (secondary N) is 2. The van der Waals surface area contributed by atoms with Crippen LogP contribution in [-0.4, -0.2) is 26.6 Å². The molecule has 5 nitrogen and oxygen atoms in total. The Kier molecular flexibility index (Phi) is 7.25. The summed E-state index contributed by atoms with van der Waals surface area (Å²) in [5.74, 6) is -1.02. The van der Waals surface area contributed by atoms with Crippen LogP contribution in [0.4, 0.5) is 10.1 Å². The molecule has 0 radical (unpaired) electrons. The Bertz CT molecular complexity index is 1100. The van der Waals surface area contributed by atoms with Gasteiger partial charge in [0.25, 0.3) is 0 Å². The maximum absolute atomic E-state index is 13.2. The van der Waals surface area contributed by atoms with Gasteiger partial charge in [-0.05, 0) is 54.6 Å². The minimum absolute atomic E-state index is 0.112. The standard InChI is InChI=1S/C22H21FN2O3S2/c1-29-21-10-6-5-9-19(21)24-22(26)20(15-16-7-3-2-4-8-16)25-30(27,28)18-13-11-17(23)12-14-18/h2-14,20,25H,15H2,1H3,(H,24,26)/t20-/m1/s1. The second-order valence-electron chi connectivity index (χ2n) is 6.51. The van der Waals surface area contributed by atoms with Gasteiger partial charge >= 0.3 is 0 Å². The molecular weight excluding hydrogens is 423 g/mol. The first-order valence-corrected chi connectivity index (χ1v) is 11.9. The highest BCUT2D eigenvalue weighted by Gasteiger charge is 2.26. The lowest BCUT2D eigenvalue weighted by Gasteiger charge is -2.19. The van der Waals surface area contributed by atoms with Gasteiger partial charge in [0.1, 0.15) is 11.9 Å². The van der Waals surface area contributed by atoms with Crippen molar-refractivity contribution in [2.75, 3.05) is 11.6 Å². The number of benzene rings is 3. The number of amides is 1. The first-order valence-electron chi connectivity index (χ1n) is 9.15. The summed E-state index contributed by atoms with van der Waals surface area (Å²) in [6.07, 6.45) is 2.05. The van der Waals surface area contributed by atoms with Crippen LogP contribution >= 0.6 is 11.8 Å². The van der Waals surface area contributed by atoms with Gasteiger partial charge in [-0.1, -0.05) is 42.5 Å². The largest absolute Gasteiger partial charge is 0.324 e. The quantitative estimate of drug-likeness (QED) is 0.514. The van der Waals surface area contributed by atoms with E-state index in [2.05, 4.69) is 10.0 Å². The summed E-state index contributed by atoms with van der Waals surface area (Å²) in [4.78, 5) is 13.8. The van der Waals surface area contributed by atoms with Gasteiger partial charge in [0, 0.05) is 4.90 Å². The zero-order valence-corrected chi connectivity index (χ0v) is 17.8. The maximum atomic E-state index is 13.2. The number of sulfonamides is 1. The Morgan fingerprint density at radius 3 is 2.27 bits per heavy atom. The minimum Gasteiger partial charge on any atom is -0.324 e. The topological polar surface area (TPSA) is 75.3 Å². The predicted octanol–water partition coefficient (Wildman–Crippen LogP) is 4.08. The number of anilines is 1. The Balaban J connectivity index is 1.88. The van der Waals surface area contributed by atoms with Gasteiger partial charge in [0.15, 0.2) is 0 Å². The number of para-hydroxylation sites is 1. The highest BCUT2D eigenvalue weighted by molar-refractivity contribution is 7.98. The van der Waals surface area contributed by atoms with Crippen molar-refractivity contribution in [2.24, 2.45) is 0 Å². The van der Waals surface area contributed by atoms with E-state index in [0.29, 0.717) is 5.69 Å². The average Bonchev–Trinajstić information content (AvgIpc) is 2.74. The lowest BCUT2D eigenvalue weighted by Crippen LogP contribution is -2.45. The van der Waals surface area contributed by atoms with Crippen LogP contribution in [0.25, 0.3) is 0 Å². The van der Waals surface area contributed by atoms with E-state index in [1.165, 1.54) is 11.8 Å². The Labute approximate surface area is 179 Å². The van der Waals surface area contributed by atoms with E-state index in [0.717, 1.165) is 34.7 Å². The SMILES string of the molecule is CSc1ccccc1NC(=O)[C@@H](Cc1ccccc1)NS(=O)(=O)c1ccc(F)cc1. The first kappa shape index (κ1) is 22.0. The van der Waals surface area contributed by atoms with E-state index in [1.807, 2.05) is 48.7 Å². The Hall–Kier alpha value is -2.68. The van der Waals surface area contributed by atoms with Crippen LogP contribution in [0, 0.1) is 5.82 Å². The van der Waals surface area contributed by atoms with Crippen LogP contribution in [0.1, 0.15) is 5.56 Å². The van der Waals surface area contributed by atoms with Crippen LogP contribution in [0.5, 0.6) is 0 Å². The number of thioether (sulfide) groups is 1. The van der Waals surface area contributed by atoms with Gasteiger partial charge in [-0.15, -0.1) is 11.8 Å². The molecule has 0 saturated carbocycles. The molecule has 8 heteroatoms. The summed E-state index contributed by atoms with van der Waals surface area (Å²) in [6, 6.07) is 19.8. The van der Waals surface area contributed by atoms with Crippen molar-refractivity contribution in [1.82, 2.24) is 4.72 Å². The number of carbonyl (C=O) groups excluding carboxylic acids is 1. The monoisotopic (exact) mass is 444 g/mol. The van der Waals surface area contributed by atoms with Gasteiger partial charge < -0.3 is 5.32 Å². The minimum atomic E-state index is -4.03. The van der Waals surface area contributed by atoms with Crippen molar-refractivity contribution in [1.29, 1.82) is 0 Å². The molecule has 3 aromatic rings. The molecule has 0 aliphatic carbocycles. The summed E-state index contributed by atoms with van der Waals surface area (Å²) < 4.78 is 41.3. The normalized spacial score (nSPS) is 12.3. The van der Waals surface area contributed by atoms with Crippen LogP contribution in [0.3, 0.4) is 0 Å². The van der Waals surface area contributed by atoms with Crippen molar-refractivity contribution < 1.29 is 17.6 Å². The molecule has 1 atom stereocenters. The van der Waals surface area contributed by atoms with Gasteiger partial charge in [-0.3, -0.25) is 4.79 Å². The molecular formula is C22H21FN2O3S2. The molecule has 0 fully saturated rings. The first-order chi connectivity index (χ1) is 14.4. The van der Waals surface area contributed by atoms with Gasteiger partial charge in [-0.25, -0.2) is 12.8 Å². The van der Waals surface area contributed by atoms with Crippen molar-refractivity contribution in [2.45, 2.75) is 22.3 Å². The number of hydrogen-bond acceptors (Lipinski definition) is 4. The van der Waals surface area contributed by atoms with E-state index in [1.54, 1.807) is 12.1 Å². The van der Waals surface area contributed by atoms with Crippen LogP contribution < -0.4 is 10.0 Å². The number of rotatable bonds is 8. The highest BCUT2D eigenvalue weighted by Crippen LogP contribution is 2.25. The second-order valence-corrected chi connectivity index (χ2v) is 9.07. The Morgan fingerprint density at radius 1 is 0.967 bits per heavy atom. The molecule has 0 aliphatic heterocycles. The third-order valence-electron chi connectivity index (χ3n) is 4.39. The van der Waals surface area contributed by atoms with Crippen molar-refractivity contribution in [3.05, 3.63) is 90.2 Å². The third kappa shape index (κ3) is 5.69. The zero-order chi connectivity index (χ0) is 21.6. The molecule has 0 unspecified atom stereocenters. The van der Waals surface area contributed by atoms with Gasteiger partial charge in [-0.2, -0.15) is 4.72 Å². The number of carbonyl (C=O) groups is 1. The molecule has 0 spiro atoms. The van der Waals surface area contributed by atoms with E-state index in [4.69, 9.17) is 0 Å². The smallest absolute Gasteiger partial charge is 0.242 e. The summed E-state index contributed by atoms with van der Waals surface area (Å²) in [6.45, 7) is 0. The molecule has 1 amide bonds. The van der Waals surface area contributed by atoms with Crippen molar-refractivity contribution in [3.63, 3.8) is 0 Å². The van der Waals surface area contributed by atoms with E-state index < -0.39 is 27.8 Å². The average molecular weight is 445 g/mol. The molecule has 0 aliphatic rings. The lowest BCUT2D eigenvalue weighted by molar-refractivity contribution is -0.117. The van der Waals surface area contributed by atoms with Crippen LogP contribution in [0.2, 0.25) is 0 Å². The highest BCUT2D eigenvalue weighted by atomic mass is 32.2. The van der Waals surface area contributed by atoms with E-state index >= 15 is 0 Å². The maximum Gasteiger partial charge on any atom is 0.242 e. The molecule has 3 rings (SSSR count). The number of halogens is 1. The fraction of sp³-hybridized carbons (Fsp3) is 0.136. The molecule has 0 heterocycles. The Morgan fingerprint density at radius 2 is 1.60 bits per heavy atom.